The van der Waals surface area contributed by atoms with Gasteiger partial charge in [0.25, 0.3) is 0 Å². The summed E-state index contributed by atoms with van der Waals surface area (Å²) in [6.45, 7) is 3.63. The number of halogens is 3. The molecule has 0 fully saturated rings. The lowest BCUT2D eigenvalue weighted by molar-refractivity contribution is 1.66. The molecule has 0 amide bonds. The van der Waals surface area contributed by atoms with E-state index < -0.39 is 0 Å². The van der Waals surface area contributed by atoms with Crippen LogP contribution in [0, 0.1) is 0 Å². The van der Waals surface area contributed by atoms with E-state index in [9.17, 15) is 0 Å². The SMILES string of the molecule is BrC(Br)=C(Br)c1ccccc1.C=Cc1ccccc1. The predicted molar refractivity (Wildman–Crippen MR) is 96.7 cm³/mol. The highest BCUT2D eigenvalue weighted by Crippen LogP contribution is 2.31. The lowest BCUT2D eigenvalue weighted by Gasteiger charge is -1.97. The molecule has 0 unspecified atom stereocenters. The number of hydrogen-bond donors (Lipinski definition) is 0. The first-order chi connectivity index (χ1) is 9.15. The maximum absolute atomic E-state index is 3.63. The molecule has 0 spiro atoms. The third-order valence-electron chi connectivity index (χ3n) is 2.23. The zero-order valence-corrected chi connectivity index (χ0v) is 14.9. The molecule has 0 aliphatic rings. The largest absolute Gasteiger partial charge is 0.0985 e. The van der Waals surface area contributed by atoms with Crippen molar-refractivity contribution in [2.45, 2.75) is 0 Å². The summed E-state index contributed by atoms with van der Waals surface area (Å²) >= 11 is 10.1. The molecule has 0 atom stereocenters. The highest BCUT2D eigenvalue weighted by Gasteiger charge is 1.98. The summed E-state index contributed by atoms with van der Waals surface area (Å²) in [5.74, 6) is 0. The summed E-state index contributed by atoms with van der Waals surface area (Å²) < 4.78 is 1.95. The molecule has 2 aromatic carbocycles. The van der Waals surface area contributed by atoms with E-state index in [0.29, 0.717) is 0 Å². The van der Waals surface area contributed by atoms with Crippen LogP contribution in [-0.4, -0.2) is 0 Å². The van der Waals surface area contributed by atoms with Crippen molar-refractivity contribution in [3.05, 3.63) is 81.8 Å². The molecule has 0 radical (unpaired) electrons. The average molecular weight is 445 g/mol. The molecule has 0 saturated heterocycles. The van der Waals surface area contributed by atoms with Crippen molar-refractivity contribution in [1.29, 1.82) is 0 Å². The molecular weight excluding hydrogens is 432 g/mol. The molecule has 0 aliphatic heterocycles. The van der Waals surface area contributed by atoms with Crippen LogP contribution in [0.5, 0.6) is 0 Å². The van der Waals surface area contributed by atoms with Crippen molar-refractivity contribution in [2.24, 2.45) is 0 Å². The topological polar surface area (TPSA) is 0 Å². The monoisotopic (exact) mass is 442 g/mol. The predicted octanol–water partition coefficient (Wildman–Crippen LogP) is 6.83. The Bertz CT molecular complexity index is 526. The van der Waals surface area contributed by atoms with Crippen LogP contribution < -0.4 is 0 Å². The van der Waals surface area contributed by atoms with Gasteiger partial charge in [-0.2, -0.15) is 0 Å². The van der Waals surface area contributed by atoms with Gasteiger partial charge in [0.15, 0.2) is 0 Å². The first-order valence-corrected chi connectivity index (χ1v) is 7.96. The summed E-state index contributed by atoms with van der Waals surface area (Å²) in [5.41, 5.74) is 2.32. The van der Waals surface area contributed by atoms with Gasteiger partial charge in [0.1, 0.15) is 0 Å². The highest BCUT2D eigenvalue weighted by molar-refractivity contribution is 9.29. The van der Waals surface area contributed by atoms with Crippen molar-refractivity contribution in [3.8, 4) is 0 Å². The van der Waals surface area contributed by atoms with Gasteiger partial charge in [-0.25, -0.2) is 0 Å². The standard InChI is InChI=1S/C8H5Br3.C8H8/c9-7(8(10)11)6-4-2-1-3-5-6;1-2-8-6-4-3-5-7-8/h1-5H;2-7H,1H2. The van der Waals surface area contributed by atoms with E-state index >= 15 is 0 Å². The molecule has 2 rings (SSSR count). The lowest BCUT2D eigenvalue weighted by atomic mass is 10.2. The molecule has 19 heavy (non-hydrogen) atoms. The molecule has 0 N–H and O–H groups in total. The van der Waals surface area contributed by atoms with E-state index in [1.165, 1.54) is 5.56 Å². The van der Waals surface area contributed by atoms with Crippen LogP contribution in [0.2, 0.25) is 0 Å². The lowest BCUT2D eigenvalue weighted by Crippen LogP contribution is -1.73. The third-order valence-corrected chi connectivity index (χ3v) is 4.94. The second-order valence-electron chi connectivity index (χ2n) is 3.56. The van der Waals surface area contributed by atoms with Gasteiger partial charge < -0.3 is 0 Å². The minimum absolute atomic E-state index is 0.927. The average Bonchev–Trinajstić information content (AvgIpc) is 2.48. The first-order valence-electron chi connectivity index (χ1n) is 5.59. The maximum atomic E-state index is 3.63. The summed E-state index contributed by atoms with van der Waals surface area (Å²) in [6, 6.07) is 20.1. The molecule has 98 valence electrons. The highest BCUT2D eigenvalue weighted by atomic mass is 79.9. The Morgan fingerprint density at radius 2 is 1.26 bits per heavy atom. The Morgan fingerprint density at radius 3 is 1.63 bits per heavy atom. The van der Waals surface area contributed by atoms with E-state index in [1.54, 1.807) is 0 Å². The second kappa shape index (κ2) is 9.29. The van der Waals surface area contributed by atoms with Gasteiger partial charge in [0.05, 0.1) is 3.39 Å². The fourth-order valence-electron chi connectivity index (χ4n) is 1.28. The minimum atomic E-state index is 0.927. The van der Waals surface area contributed by atoms with Gasteiger partial charge in [0, 0.05) is 4.48 Å². The molecule has 2 aromatic rings. The zero-order chi connectivity index (χ0) is 14.1. The van der Waals surface area contributed by atoms with Gasteiger partial charge in [0.2, 0.25) is 0 Å². The van der Waals surface area contributed by atoms with E-state index in [1.807, 2.05) is 66.7 Å². The van der Waals surface area contributed by atoms with Crippen LogP contribution in [0.4, 0.5) is 0 Å². The van der Waals surface area contributed by atoms with Crippen LogP contribution in [-0.2, 0) is 0 Å². The van der Waals surface area contributed by atoms with Gasteiger partial charge in [-0.15, -0.1) is 0 Å². The fraction of sp³-hybridized carbons (Fsp3) is 0. The van der Waals surface area contributed by atoms with Crippen molar-refractivity contribution in [2.75, 3.05) is 0 Å². The van der Waals surface area contributed by atoms with Crippen molar-refractivity contribution in [1.82, 2.24) is 0 Å². The van der Waals surface area contributed by atoms with Gasteiger partial charge in [-0.1, -0.05) is 73.3 Å². The molecular formula is C16H13Br3. The van der Waals surface area contributed by atoms with E-state index in [2.05, 4.69) is 54.4 Å². The Labute approximate surface area is 139 Å². The third kappa shape index (κ3) is 6.37. The Balaban J connectivity index is 0.000000200. The number of hydrogen-bond acceptors (Lipinski definition) is 0. The second-order valence-corrected chi connectivity index (χ2v) is 7.00. The van der Waals surface area contributed by atoms with Crippen LogP contribution in [0.25, 0.3) is 10.6 Å². The summed E-state index contributed by atoms with van der Waals surface area (Å²) in [5, 5.41) is 0. The quantitative estimate of drug-likeness (QED) is 0.476. The normalized spacial score (nSPS) is 9.00. The van der Waals surface area contributed by atoms with E-state index in [4.69, 9.17) is 0 Å². The molecule has 3 heteroatoms. The van der Waals surface area contributed by atoms with Crippen molar-refractivity contribution >= 4 is 58.3 Å². The minimum Gasteiger partial charge on any atom is -0.0985 e. The molecule has 0 nitrogen and oxygen atoms in total. The van der Waals surface area contributed by atoms with Crippen LogP contribution in [0.15, 0.2) is 70.6 Å². The summed E-state index contributed by atoms with van der Waals surface area (Å²) in [4.78, 5) is 0. The van der Waals surface area contributed by atoms with Crippen LogP contribution in [0.3, 0.4) is 0 Å². The number of benzene rings is 2. The molecule has 0 aliphatic carbocycles. The summed E-state index contributed by atoms with van der Waals surface area (Å²) in [6.07, 6.45) is 1.83. The number of rotatable bonds is 2. The van der Waals surface area contributed by atoms with Gasteiger partial charge in [-0.05, 0) is 58.9 Å². The Kier molecular flexibility index (Phi) is 8.03. The Morgan fingerprint density at radius 1 is 0.789 bits per heavy atom. The molecule has 0 saturated carbocycles. The van der Waals surface area contributed by atoms with Crippen LogP contribution >= 0.6 is 47.8 Å². The van der Waals surface area contributed by atoms with Gasteiger partial charge >= 0.3 is 0 Å². The zero-order valence-electron chi connectivity index (χ0n) is 10.2. The van der Waals surface area contributed by atoms with E-state index in [-0.39, 0.29) is 0 Å². The molecule has 0 heterocycles. The van der Waals surface area contributed by atoms with Crippen molar-refractivity contribution < 1.29 is 0 Å². The van der Waals surface area contributed by atoms with Crippen molar-refractivity contribution in [3.63, 3.8) is 0 Å². The van der Waals surface area contributed by atoms with Gasteiger partial charge in [-0.3, -0.25) is 0 Å². The van der Waals surface area contributed by atoms with E-state index in [0.717, 1.165) is 13.4 Å². The smallest absolute Gasteiger partial charge is 0.0752 e. The summed E-state index contributed by atoms with van der Waals surface area (Å²) in [7, 11) is 0. The van der Waals surface area contributed by atoms with Crippen LogP contribution in [0.1, 0.15) is 11.1 Å². The maximum Gasteiger partial charge on any atom is 0.0752 e. The Hall–Kier alpha value is -0.640. The fourth-order valence-corrected chi connectivity index (χ4v) is 2.00. The molecule has 0 aromatic heterocycles. The first kappa shape index (κ1) is 16.4. The molecule has 0 bridgehead atoms.